The molecule has 0 radical (unpaired) electrons. The zero-order chi connectivity index (χ0) is 14.7. The molecule has 108 valence electrons. The van der Waals surface area contributed by atoms with Crippen molar-refractivity contribution >= 4 is 23.6 Å². The Kier molecular flexibility index (Phi) is 4.68. The van der Waals surface area contributed by atoms with E-state index in [9.17, 15) is 4.79 Å². The van der Waals surface area contributed by atoms with Crippen molar-refractivity contribution in [1.29, 1.82) is 0 Å². The maximum Gasteiger partial charge on any atom is 0.250 e. The molecular weight excluding hydrogens is 278 g/mol. The van der Waals surface area contributed by atoms with E-state index in [1.807, 2.05) is 13.8 Å². The number of ether oxygens (including phenoxy) is 1. The van der Waals surface area contributed by atoms with Gasteiger partial charge < -0.3 is 15.2 Å². The van der Waals surface area contributed by atoms with E-state index in [1.54, 1.807) is 24.3 Å². The second-order valence-corrected chi connectivity index (χ2v) is 5.50. The van der Waals surface area contributed by atoms with Gasteiger partial charge in [-0.3, -0.25) is 4.79 Å². The summed E-state index contributed by atoms with van der Waals surface area (Å²) in [6, 6.07) is 5.21. The lowest BCUT2D eigenvalue weighted by Crippen LogP contribution is -2.40. The monoisotopic (exact) mass is 295 g/mol. The van der Waals surface area contributed by atoms with Crippen LogP contribution >= 0.6 is 11.6 Å². The molecular formula is C15H18ClNO3. The molecule has 0 bridgehead atoms. The van der Waals surface area contributed by atoms with Gasteiger partial charge in [-0.05, 0) is 37.1 Å². The SMILES string of the molecule is CC(CO)C(C)NC(=O)C1=Cc2cc(Cl)ccc2OC1. The van der Waals surface area contributed by atoms with Gasteiger partial charge in [0, 0.05) is 23.2 Å². The number of rotatable bonds is 4. The summed E-state index contributed by atoms with van der Waals surface area (Å²) >= 11 is 5.94. The molecule has 1 aromatic rings. The molecule has 0 fully saturated rings. The predicted molar refractivity (Wildman–Crippen MR) is 78.8 cm³/mol. The van der Waals surface area contributed by atoms with Crippen LogP contribution in [-0.2, 0) is 4.79 Å². The Morgan fingerprint density at radius 3 is 2.95 bits per heavy atom. The molecule has 20 heavy (non-hydrogen) atoms. The molecule has 0 saturated carbocycles. The molecule has 1 aliphatic rings. The van der Waals surface area contributed by atoms with Gasteiger partial charge in [0.25, 0.3) is 5.91 Å². The zero-order valence-corrected chi connectivity index (χ0v) is 12.3. The highest BCUT2D eigenvalue weighted by Crippen LogP contribution is 2.29. The number of halogens is 1. The normalized spacial score (nSPS) is 16.5. The van der Waals surface area contributed by atoms with E-state index >= 15 is 0 Å². The average Bonchev–Trinajstić information content (AvgIpc) is 2.45. The third-order valence-electron chi connectivity index (χ3n) is 3.48. The summed E-state index contributed by atoms with van der Waals surface area (Å²) in [6.45, 7) is 4.02. The Morgan fingerprint density at radius 1 is 1.50 bits per heavy atom. The first-order valence-corrected chi connectivity index (χ1v) is 6.93. The van der Waals surface area contributed by atoms with E-state index in [4.69, 9.17) is 21.4 Å². The standard InChI is InChI=1S/C15H18ClNO3/c1-9(7-18)10(2)17-15(19)12-5-11-6-13(16)3-4-14(11)20-8-12/h3-6,9-10,18H,7-8H2,1-2H3,(H,17,19). The first-order valence-electron chi connectivity index (χ1n) is 6.56. The smallest absolute Gasteiger partial charge is 0.250 e. The zero-order valence-electron chi connectivity index (χ0n) is 11.5. The third-order valence-corrected chi connectivity index (χ3v) is 3.71. The van der Waals surface area contributed by atoms with Crippen LogP contribution in [0, 0.1) is 5.92 Å². The van der Waals surface area contributed by atoms with Crippen LogP contribution in [0.25, 0.3) is 6.08 Å². The molecule has 2 unspecified atom stereocenters. The van der Waals surface area contributed by atoms with Crippen LogP contribution in [0.2, 0.25) is 5.02 Å². The van der Waals surface area contributed by atoms with Crippen LogP contribution in [0.4, 0.5) is 0 Å². The van der Waals surface area contributed by atoms with Crippen LogP contribution in [0.5, 0.6) is 5.75 Å². The van der Waals surface area contributed by atoms with Crippen LogP contribution in [-0.4, -0.2) is 30.3 Å². The van der Waals surface area contributed by atoms with Crippen LogP contribution < -0.4 is 10.1 Å². The molecule has 2 N–H and O–H groups in total. The van der Waals surface area contributed by atoms with Gasteiger partial charge >= 0.3 is 0 Å². The van der Waals surface area contributed by atoms with Crippen LogP contribution in [0.1, 0.15) is 19.4 Å². The number of benzene rings is 1. The molecule has 1 amide bonds. The Bertz CT molecular complexity index is 542. The largest absolute Gasteiger partial charge is 0.488 e. The van der Waals surface area contributed by atoms with Crippen LogP contribution in [0.15, 0.2) is 23.8 Å². The molecule has 1 aliphatic heterocycles. The first kappa shape index (κ1) is 14.9. The number of nitrogens with one attached hydrogen (secondary N) is 1. The highest BCUT2D eigenvalue weighted by Gasteiger charge is 2.20. The summed E-state index contributed by atoms with van der Waals surface area (Å²) < 4.78 is 5.54. The van der Waals surface area contributed by atoms with Gasteiger partial charge in [0.2, 0.25) is 0 Å². The van der Waals surface area contributed by atoms with Gasteiger partial charge in [-0.1, -0.05) is 18.5 Å². The Morgan fingerprint density at radius 2 is 2.25 bits per heavy atom. The van der Waals surface area contributed by atoms with Gasteiger partial charge in [-0.15, -0.1) is 0 Å². The quantitative estimate of drug-likeness (QED) is 0.896. The van der Waals surface area contributed by atoms with Crippen molar-refractivity contribution in [2.75, 3.05) is 13.2 Å². The number of carbonyl (C=O) groups excluding carboxylic acids is 1. The Hall–Kier alpha value is -1.52. The molecule has 0 aromatic heterocycles. The van der Waals surface area contributed by atoms with Gasteiger partial charge in [0.15, 0.2) is 0 Å². The molecule has 1 aromatic carbocycles. The summed E-state index contributed by atoms with van der Waals surface area (Å²) in [5, 5.41) is 12.6. The van der Waals surface area contributed by atoms with Gasteiger partial charge in [0.1, 0.15) is 12.4 Å². The van der Waals surface area contributed by atoms with E-state index in [2.05, 4.69) is 5.32 Å². The molecule has 1 heterocycles. The predicted octanol–water partition coefficient (Wildman–Crippen LogP) is 2.25. The number of aliphatic hydroxyl groups is 1. The molecule has 5 heteroatoms. The van der Waals surface area contributed by atoms with Gasteiger partial charge in [-0.2, -0.15) is 0 Å². The summed E-state index contributed by atoms with van der Waals surface area (Å²) in [6.07, 6.45) is 1.79. The second-order valence-electron chi connectivity index (χ2n) is 5.06. The minimum absolute atomic E-state index is 0.00536. The van der Waals surface area contributed by atoms with E-state index in [0.717, 1.165) is 11.3 Å². The van der Waals surface area contributed by atoms with Crippen LogP contribution in [0.3, 0.4) is 0 Å². The molecule has 0 saturated heterocycles. The topological polar surface area (TPSA) is 58.6 Å². The number of fused-ring (bicyclic) bond motifs is 1. The number of amides is 1. The molecule has 2 rings (SSSR count). The van der Waals surface area contributed by atoms with Crippen molar-refractivity contribution in [2.45, 2.75) is 19.9 Å². The molecule has 2 atom stereocenters. The molecule has 0 spiro atoms. The number of carbonyl (C=O) groups is 1. The summed E-state index contributed by atoms with van der Waals surface area (Å²) in [4.78, 5) is 12.1. The van der Waals surface area contributed by atoms with Gasteiger partial charge in [0.05, 0.1) is 5.57 Å². The van der Waals surface area contributed by atoms with Crippen molar-refractivity contribution in [3.8, 4) is 5.75 Å². The lowest BCUT2D eigenvalue weighted by atomic mass is 10.0. The summed E-state index contributed by atoms with van der Waals surface area (Å²) in [5.74, 6) is 0.553. The maximum absolute atomic E-state index is 12.1. The fraction of sp³-hybridized carbons (Fsp3) is 0.400. The summed E-state index contributed by atoms with van der Waals surface area (Å²) in [7, 11) is 0. The highest BCUT2D eigenvalue weighted by atomic mass is 35.5. The number of hydrogen-bond acceptors (Lipinski definition) is 3. The third kappa shape index (κ3) is 3.32. The average molecular weight is 296 g/mol. The van der Waals surface area contributed by atoms with Crippen molar-refractivity contribution in [3.05, 3.63) is 34.4 Å². The van der Waals surface area contributed by atoms with Crippen molar-refractivity contribution < 1.29 is 14.6 Å². The minimum atomic E-state index is -0.177. The van der Waals surface area contributed by atoms with Crippen molar-refractivity contribution in [2.24, 2.45) is 5.92 Å². The Balaban J connectivity index is 2.12. The van der Waals surface area contributed by atoms with E-state index in [0.29, 0.717) is 10.6 Å². The first-order chi connectivity index (χ1) is 9.51. The van der Waals surface area contributed by atoms with Gasteiger partial charge in [-0.25, -0.2) is 0 Å². The number of aliphatic hydroxyl groups excluding tert-OH is 1. The minimum Gasteiger partial charge on any atom is -0.488 e. The van der Waals surface area contributed by atoms with E-state index in [1.165, 1.54) is 0 Å². The fourth-order valence-corrected chi connectivity index (χ4v) is 2.06. The van der Waals surface area contributed by atoms with Crippen molar-refractivity contribution in [1.82, 2.24) is 5.32 Å². The maximum atomic E-state index is 12.1. The van der Waals surface area contributed by atoms with E-state index < -0.39 is 0 Å². The molecule has 0 aliphatic carbocycles. The lowest BCUT2D eigenvalue weighted by molar-refractivity contribution is -0.118. The van der Waals surface area contributed by atoms with E-state index in [-0.39, 0.29) is 31.1 Å². The van der Waals surface area contributed by atoms with Crippen molar-refractivity contribution in [3.63, 3.8) is 0 Å². The fourth-order valence-electron chi connectivity index (χ4n) is 1.88. The lowest BCUT2D eigenvalue weighted by Gasteiger charge is -2.22. The summed E-state index contributed by atoms with van der Waals surface area (Å²) in [5.41, 5.74) is 1.36. The highest BCUT2D eigenvalue weighted by molar-refractivity contribution is 6.30. The second kappa shape index (κ2) is 6.29. The molecule has 4 nitrogen and oxygen atoms in total. The number of hydrogen-bond donors (Lipinski definition) is 2. The Labute approximate surface area is 123 Å².